The molecule has 0 amide bonds. The fraction of sp³-hybridized carbons (Fsp3) is 0.286. The predicted molar refractivity (Wildman–Crippen MR) is 70.6 cm³/mol. The second-order valence-corrected chi connectivity index (χ2v) is 4.88. The molecule has 0 bridgehead atoms. The van der Waals surface area contributed by atoms with Crippen LogP contribution in [0.1, 0.15) is 31.0 Å². The third-order valence-electron chi connectivity index (χ3n) is 3.68. The van der Waals surface area contributed by atoms with Gasteiger partial charge in [0, 0.05) is 30.1 Å². The highest BCUT2D eigenvalue weighted by molar-refractivity contribution is 5.59. The van der Waals surface area contributed by atoms with E-state index in [0.717, 1.165) is 17.1 Å². The van der Waals surface area contributed by atoms with Crippen LogP contribution in [-0.2, 0) is 0 Å². The Bertz CT molecular complexity index is 715. The van der Waals surface area contributed by atoms with E-state index in [0.29, 0.717) is 11.7 Å². The summed E-state index contributed by atoms with van der Waals surface area (Å²) in [5.41, 5.74) is 2.01. The molecule has 4 rings (SSSR count). The average Bonchev–Trinajstić information content (AvgIpc) is 2.80. The standard InChI is InChI=1S/C14H13N5/c1-3-10(4-1)13-17-14-16-8-6-12(19(14)18-13)11-5-2-7-15-9-11/h2,5-10H,1,3-4H2. The van der Waals surface area contributed by atoms with E-state index in [1.807, 2.05) is 28.9 Å². The van der Waals surface area contributed by atoms with E-state index in [4.69, 9.17) is 0 Å². The van der Waals surface area contributed by atoms with Gasteiger partial charge >= 0.3 is 0 Å². The third kappa shape index (κ3) is 1.69. The first kappa shape index (κ1) is 10.6. The van der Waals surface area contributed by atoms with E-state index in [2.05, 4.69) is 20.1 Å². The molecule has 0 atom stereocenters. The van der Waals surface area contributed by atoms with Crippen molar-refractivity contribution in [2.45, 2.75) is 25.2 Å². The van der Waals surface area contributed by atoms with Crippen LogP contribution in [0.3, 0.4) is 0 Å². The maximum atomic E-state index is 4.63. The molecule has 0 radical (unpaired) electrons. The zero-order valence-electron chi connectivity index (χ0n) is 10.4. The highest BCUT2D eigenvalue weighted by Gasteiger charge is 2.24. The molecule has 0 N–H and O–H groups in total. The van der Waals surface area contributed by atoms with Gasteiger partial charge in [-0.2, -0.15) is 9.50 Å². The summed E-state index contributed by atoms with van der Waals surface area (Å²) < 4.78 is 1.82. The van der Waals surface area contributed by atoms with Crippen molar-refractivity contribution < 1.29 is 0 Å². The Balaban J connectivity index is 1.89. The monoisotopic (exact) mass is 251 g/mol. The molecule has 1 fully saturated rings. The van der Waals surface area contributed by atoms with Gasteiger partial charge in [0.05, 0.1) is 5.69 Å². The van der Waals surface area contributed by atoms with Gasteiger partial charge in [-0.3, -0.25) is 4.98 Å². The van der Waals surface area contributed by atoms with Gasteiger partial charge in [0.25, 0.3) is 5.78 Å². The smallest absolute Gasteiger partial charge is 0.252 e. The van der Waals surface area contributed by atoms with Crippen molar-refractivity contribution in [2.75, 3.05) is 0 Å². The number of hydrogen-bond donors (Lipinski definition) is 0. The first-order valence-electron chi connectivity index (χ1n) is 6.54. The van der Waals surface area contributed by atoms with Gasteiger partial charge < -0.3 is 0 Å². The second kappa shape index (κ2) is 4.12. The molecule has 0 aromatic carbocycles. The molecule has 19 heavy (non-hydrogen) atoms. The molecule has 0 unspecified atom stereocenters. The largest absolute Gasteiger partial charge is 0.264 e. The number of rotatable bonds is 2. The maximum Gasteiger partial charge on any atom is 0.252 e. The summed E-state index contributed by atoms with van der Waals surface area (Å²) >= 11 is 0. The first-order valence-corrected chi connectivity index (χ1v) is 6.54. The molecule has 94 valence electrons. The molecule has 0 aliphatic heterocycles. The summed E-state index contributed by atoms with van der Waals surface area (Å²) in [6, 6.07) is 5.89. The first-order chi connectivity index (χ1) is 9.42. The van der Waals surface area contributed by atoms with Crippen molar-refractivity contribution >= 4 is 5.78 Å². The zero-order chi connectivity index (χ0) is 12.7. The Morgan fingerprint density at radius 3 is 2.84 bits per heavy atom. The number of nitrogens with zero attached hydrogens (tertiary/aromatic N) is 5. The summed E-state index contributed by atoms with van der Waals surface area (Å²) in [7, 11) is 0. The topological polar surface area (TPSA) is 56.0 Å². The summed E-state index contributed by atoms with van der Waals surface area (Å²) in [5, 5.41) is 4.63. The van der Waals surface area contributed by atoms with E-state index >= 15 is 0 Å². The van der Waals surface area contributed by atoms with Gasteiger partial charge in [0.15, 0.2) is 5.82 Å². The molecule has 5 nitrogen and oxygen atoms in total. The second-order valence-electron chi connectivity index (χ2n) is 4.88. The minimum absolute atomic E-state index is 0.517. The molecule has 0 saturated heterocycles. The minimum Gasteiger partial charge on any atom is -0.264 e. The van der Waals surface area contributed by atoms with Gasteiger partial charge in [-0.1, -0.05) is 6.42 Å². The Morgan fingerprint density at radius 1 is 1.16 bits per heavy atom. The molecule has 3 aromatic heterocycles. The van der Waals surface area contributed by atoms with Crippen molar-refractivity contribution in [2.24, 2.45) is 0 Å². The molecule has 5 heteroatoms. The fourth-order valence-electron chi connectivity index (χ4n) is 2.38. The van der Waals surface area contributed by atoms with E-state index in [1.165, 1.54) is 19.3 Å². The highest BCUT2D eigenvalue weighted by atomic mass is 15.3. The van der Waals surface area contributed by atoms with E-state index < -0.39 is 0 Å². The predicted octanol–water partition coefficient (Wildman–Crippen LogP) is 2.45. The van der Waals surface area contributed by atoms with Crippen molar-refractivity contribution in [1.82, 2.24) is 24.6 Å². The van der Waals surface area contributed by atoms with Crippen LogP contribution < -0.4 is 0 Å². The molecular formula is C14H13N5. The van der Waals surface area contributed by atoms with Crippen LogP contribution >= 0.6 is 0 Å². The van der Waals surface area contributed by atoms with Gasteiger partial charge in [0.2, 0.25) is 0 Å². The Morgan fingerprint density at radius 2 is 2.11 bits per heavy atom. The van der Waals surface area contributed by atoms with Gasteiger partial charge in [-0.15, -0.1) is 5.10 Å². The lowest BCUT2D eigenvalue weighted by Gasteiger charge is -2.21. The third-order valence-corrected chi connectivity index (χ3v) is 3.68. The Kier molecular flexibility index (Phi) is 2.30. The molecule has 0 spiro atoms. The molecule has 1 aliphatic carbocycles. The van der Waals surface area contributed by atoms with Crippen LogP contribution in [0.4, 0.5) is 0 Å². The molecular weight excluding hydrogens is 238 g/mol. The minimum atomic E-state index is 0.517. The Labute approximate surface area is 110 Å². The average molecular weight is 251 g/mol. The zero-order valence-corrected chi connectivity index (χ0v) is 10.4. The summed E-state index contributed by atoms with van der Waals surface area (Å²) in [6.07, 6.45) is 9.04. The van der Waals surface area contributed by atoms with E-state index in [-0.39, 0.29) is 0 Å². The maximum absolute atomic E-state index is 4.63. The number of hydrogen-bond acceptors (Lipinski definition) is 4. The summed E-state index contributed by atoms with van der Waals surface area (Å²) in [4.78, 5) is 13.0. The van der Waals surface area contributed by atoms with Crippen molar-refractivity contribution in [1.29, 1.82) is 0 Å². The molecule has 1 aliphatic rings. The molecule has 3 heterocycles. The SMILES string of the molecule is c1cncc(-c2ccnc3nc(C4CCC4)nn23)c1. The van der Waals surface area contributed by atoms with E-state index in [9.17, 15) is 0 Å². The molecule has 1 saturated carbocycles. The van der Waals surface area contributed by atoms with Crippen LogP contribution in [0.15, 0.2) is 36.8 Å². The highest BCUT2D eigenvalue weighted by Crippen LogP contribution is 2.34. The number of aromatic nitrogens is 5. The Hall–Kier alpha value is -2.30. The van der Waals surface area contributed by atoms with Crippen LogP contribution in [0, 0.1) is 0 Å². The van der Waals surface area contributed by atoms with Crippen molar-refractivity contribution in [3.63, 3.8) is 0 Å². The van der Waals surface area contributed by atoms with Gasteiger partial charge in [-0.25, -0.2) is 4.98 Å². The van der Waals surface area contributed by atoms with Gasteiger partial charge in [-0.05, 0) is 31.0 Å². The van der Waals surface area contributed by atoms with Crippen molar-refractivity contribution in [3.8, 4) is 11.3 Å². The van der Waals surface area contributed by atoms with Crippen molar-refractivity contribution in [3.05, 3.63) is 42.6 Å². The van der Waals surface area contributed by atoms with Crippen LogP contribution in [0.25, 0.3) is 17.0 Å². The lowest BCUT2D eigenvalue weighted by molar-refractivity contribution is 0.402. The lowest BCUT2D eigenvalue weighted by atomic mass is 9.85. The van der Waals surface area contributed by atoms with Crippen LogP contribution in [-0.4, -0.2) is 24.6 Å². The fourth-order valence-corrected chi connectivity index (χ4v) is 2.38. The molecule has 3 aromatic rings. The van der Waals surface area contributed by atoms with Crippen LogP contribution in [0.2, 0.25) is 0 Å². The summed E-state index contributed by atoms with van der Waals surface area (Å²) in [6.45, 7) is 0. The lowest BCUT2D eigenvalue weighted by Crippen LogP contribution is -2.10. The number of fused-ring (bicyclic) bond motifs is 1. The quantitative estimate of drug-likeness (QED) is 0.702. The van der Waals surface area contributed by atoms with E-state index in [1.54, 1.807) is 12.4 Å². The van der Waals surface area contributed by atoms with Crippen LogP contribution in [0.5, 0.6) is 0 Å². The number of pyridine rings is 1. The normalized spacial score (nSPS) is 15.6. The van der Waals surface area contributed by atoms with Gasteiger partial charge in [0.1, 0.15) is 0 Å². The summed E-state index contributed by atoms with van der Waals surface area (Å²) in [5.74, 6) is 2.11.